The fraction of sp³-hybridized carbons (Fsp3) is 0.640. The van der Waals surface area contributed by atoms with Gasteiger partial charge in [-0.1, -0.05) is 38.8 Å². The average molecular weight is 451 g/mol. The van der Waals surface area contributed by atoms with Gasteiger partial charge in [0.2, 0.25) is 0 Å². The third-order valence-electron chi connectivity index (χ3n) is 6.06. The van der Waals surface area contributed by atoms with E-state index in [1.807, 2.05) is 31.4 Å². The highest BCUT2D eigenvalue weighted by Crippen LogP contribution is 2.43. The van der Waals surface area contributed by atoms with E-state index < -0.39 is 29.2 Å². The van der Waals surface area contributed by atoms with Crippen LogP contribution in [0.3, 0.4) is 0 Å². The Hall–Kier alpha value is -1.47. The molecule has 4 atom stereocenters. The summed E-state index contributed by atoms with van der Waals surface area (Å²) in [6.07, 6.45) is 7.50. The summed E-state index contributed by atoms with van der Waals surface area (Å²) in [4.78, 5) is 13.9. The van der Waals surface area contributed by atoms with Gasteiger partial charge in [-0.3, -0.25) is 0 Å². The van der Waals surface area contributed by atoms with Crippen LogP contribution in [0.4, 0.5) is 0 Å². The minimum Gasteiger partial charge on any atom is -0.460 e. The second-order valence-electron chi connectivity index (χ2n) is 8.89. The fourth-order valence-corrected chi connectivity index (χ4v) is 5.07. The largest absolute Gasteiger partial charge is 0.460 e. The van der Waals surface area contributed by atoms with Gasteiger partial charge >= 0.3 is 5.97 Å². The molecule has 2 rings (SSSR count). The molecule has 0 saturated heterocycles. The Morgan fingerprint density at radius 3 is 2.68 bits per heavy atom. The summed E-state index contributed by atoms with van der Waals surface area (Å²) >= 11 is 1.56. The van der Waals surface area contributed by atoms with Crippen LogP contribution in [0.2, 0.25) is 0 Å². The van der Waals surface area contributed by atoms with Crippen LogP contribution in [-0.2, 0) is 15.1 Å². The van der Waals surface area contributed by atoms with Crippen LogP contribution in [0, 0.1) is 12.8 Å². The molecule has 0 aromatic carbocycles. The van der Waals surface area contributed by atoms with Crippen molar-refractivity contribution in [3.05, 3.63) is 45.7 Å². The predicted octanol–water partition coefficient (Wildman–Crippen LogP) is 4.78. The molecular weight excluding hydrogens is 412 g/mol. The second kappa shape index (κ2) is 10.9. The van der Waals surface area contributed by atoms with E-state index in [1.54, 1.807) is 37.3 Å². The molecule has 3 N–H and O–H groups in total. The lowest BCUT2D eigenvalue weighted by molar-refractivity contribution is -0.144. The fourth-order valence-electron chi connectivity index (χ4n) is 4.29. The number of hydrogen-bond donors (Lipinski definition) is 3. The third-order valence-corrected chi connectivity index (χ3v) is 6.91. The number of aliphatic hydroxyl groups excluding tert-OH is 1. The van der Waals surface area contributed by atoms with Crippen LogP contribution >= 0.6 is 11.3 Å². The number of carbonyl (C=O) groups excluding carboxylic acids is 1. The number of ether oxygens (including phenoxy) is 1. The van der Waals surface area contributed by atoms with Gasteiger partial charge in [0.1, 0.15) is 5.60 Å². The molecule has 0 radical (unpaired) electrons. The van der Waals surface area contributed by atoms with Gasteiger partial charge in [0.05, 0.1) is 17.8 Å². The first-order valence-electron chi connectivity index (χ1n) is 11.3. The van der Waals surface area contributed by atoms with Crippen molar-refractivity contribution < 1.29 is 24.9 Å². The number of rotatable bonds is 10. The molecule has 0 amide bonds. The van der Waals surface area contributed by atoms with E-state index in [4.69, 9.17) is 4.74 Å². The summed E-state index contributed by atoms with van der Waals surface area (Å²) < 4.78 is 5.45. The summed E-state index contributed by atoms with van der Waals surface area (Å²) in [5, 5.41) is 35.2. The normalized spacial score (nSPS) is 26.5. The van der Waals surface area contributed by atoms with Gasteiger partial charge in [0, 0.05) is 28.4 Å². The lowest BCUT2D eigenvalue weighted by Crippen LogP contribution is -2.36. The Labute approximate surface area is 190 Å². The standard InChI is InChI=1S/C25H38O5S/c1-6-8-9-10-20(23(27)30-17(3)4)22-15-19(26)16-25(22,29)13-12-24(28,7-2)21-11-14-31-18(21)5/h10-14,17,19,22,26,28-29H,6-9,15-16H2,1-5H3. The number of hydrogen-bond acceptors (Lipinski definition) is 6. The molecule has 4 unspecified atom stereocenters. The molecular formula is C25H38O5S. The molecule has 31 heavy (non-hydrogen) atoms. The first-order chi connectivity index (χ1) is 14.6. The van der Waals surface area contributed by atoms with Crippen LogP contribution < -0.4 is 0 Å². The van der Waals surface area contributed by atoms with Crippen molar-refractivity contribution in [1.29, 1.82) is 0 Å². The zero-order valence-electron chi connectivity index (χ0n) is 19.4. The van der Waals surface area contributed by atoms with Crippen LogP contribution in [0.15, 0.2) is 35.2 Å². The second-order valence-corrected chi connectivity index (χ2v) is 10.0. The number of unbranched alkanes of at least 4 members (excludes halogenated alkanes) is 2. The molecule has 0 aliphatic heterocycles. The number of carbonyl (C=O) groups is 1. The Bertz CT molecular complexity index is 796. The number of allylic oxidation sites excluding steroid dienone is 1. The van der Waals surface area contributed by atoms with E-state index >= 15 is 0 Å². The first kappa shape index (κ1) is 25.8. The van der Waals surface area contributed by atoms with Crippen LogP contribution in [0.1, 0.15) is 76.7 Å². The van der Waals surface area contributed by atoms with E-state index in [0.717, 1.165) is 23.3 Å². The number of aryl methyl sites for hydroxylation is 1. The molecule has 1 aliphatic carbocycles. The maximum absolute atomic E-state index is 12.9. The monoisotopic (exact) mass is 450 g/mol. The highest BCUT2D eigenvalue weighted by molar-refractivity contribution is 7.10. The first-order valence-corrected chi connectivity index (χ1v) is 12.2. The number of aliphatic hydroxyl groups is 3. The topological polar surface area (TPSA) is 87.0 Å². The maximum Gasteiger partial charge on any atom is 0.334 e. The van der Waals surface area contributed by atoms with E-state index in [1.165, 1.54) is 0 Å². The zero-order valence-corrected chi connectivity index (χ0v) is 20.2. The van der Waals surface area contributed by atoms with E-state index in [9.17, 15) is 20.1 Å². The summed E-state index contributed by atoms with van der Waals surface area (Å²) in [5.41, 5.74) is -1.44. The molecule has 174 valence electrons. The summed E-state index contributed by atoms with van der Waals surface area (Å²) in [6.45, 7) is 9.52. The van der Waals surface area contributed by atoms with Crippen molar-refractivity contribution >= 4 is 17.3 Å². The van der Waals surface area contributed by atoms with Gasteiger partial charge in [0.15, 0.2) is 0 Å². The van der Waals surface area contributed by atoms with Crippen molar-refractivity contribution in [2.24, 2.45) is 5.92 Å². The lowest BCUT2D eigenvalue weighted by atomic mass is 9.81. The van der Waals surface area contributed by atoms with Crippen molar-refractivity contribution in [3.63, 3.8) is 0 Å². The van der Waals surface area contributed by atoms with Gasteiger partial charge in [-0.25, -0.2) is 4.79 Å². The van der Waals surface area contributed by atoms with Gasteiger partial charge in [-0.15, -0.1) is 11.3 Å². The smallest absolute Gasteiger partial charge is 0.334 e. The zero-order chi connectivity index (χ0) is 23.2. The highest BCUT2D eigenvalue weighted by atomic mass is 32.1. The van der Waals surface area contributed by atoms with Crippen LogP contribution in [0.25, 0.3) is 0 Å². The van der Waals surface area contributed by atoms with Crippen molar-refractivity contribution in [2.45, 2.75) is 96.6 Å². The van der Waals surface area contributed by atoms with Crippen LogP contribution in [-0.4, -0.2) is 39.1 Å². The van der Waals surface area contributed by atoms with Crippen molar-refractivity contribution in [3.8, 4) is 0 Å². The Balaban J connectivity index is 2.41. The molecule has 1 aliphatic rings. The van der Waals surface area contributed by atoms with Crippen molar-refractivity contribution in [2.75, 3.05) is 0 Å². The molecule has 1 heterocycles. The molecule has 1 aromatic rings. The van der Waals surface area contributed by atoms with E-state index in [0.29, 0.717) is 18.4 Å². The van der Waals surface area contributed by atoms with E-state index in [2.05, 4.69) is 6.92 Å². The lowest BCUT2D eigenvalue weighted by Gasteiger charge is -2.31. The van der Waals surface area contributed by atoms with Gasteiger partial charge in [-0.2, -0.15) is 0 Å². The molecule has 5 nitrogen and oxygen atoms in total. The minimum absolute atomic E-state index is 0.108. The van der Waals surface area contributed by atoms with Gasteiger partial charge in [-0.05, 0) is 57.6 Å². The molecule has 1 fully saturated rings. The molecule has 0 bridgehead atoms. The molecule has 0 spiro atoms. The Morgan fingerprint density at radius 1 is 1.42 bits per heavy atom. The quantitative estimate of drug-likeness (QED) is 0.207. The molecule has 1 saturated carbocycles. The number of esters is 1. The minimum atomic E-state index is -1.44. The van der Waals surface area contributed by atoms with Crippen molar-refractivity contribution in [1.82, 2.24) is 0 Å². The third kappa shape index (κ3) is 6.28. The predicted molar refractivity (Wildman–Crippen MR) is 125 cm³/mol. The average Bonchev–Trinajstić information content (AvgIpc) is 3.26. The molecule has 6 heteroatoms. The van der Waals surface area contributed by atoms with Crippen LogP contribution in [0.5, 0.6) is 0 Å². The summed E-state index contributed by atoms with van der Waals surface area (Å²) in [5.74, 6) is -1.04. The SMILES string of the molecule is CCCCC=C(C(=O)OC(C)C)C1CC(O)CC1(O)C=CC(O)(CC)c1ccsc1C. The van der Waals surface area contributed by atoms with E-state index in [-0.39, 0.29) is 18.9 Å². The van der Waals surface area contributed by atoms with Gasteiger partial charge < -0.3 is 20.1 Å². The number of thiophene rings is 1. The Kier molecular flexibility index (Phi) is 9.07. The highest BCUT2D eigenvalue weighted by Gasteiger charge is 2.48. The Morgan fingerprint density at radius 2 is 2.13 bits per heavy atom. The summed E-state index contributed by atoms with van der Waals surface area (Å²) in [7, 11) is 0. The maximum atomic E-state index is 12.9. The molecule has 1 aromatic heterocycles. The summed E-state index contributed by atoms with van der Waals surface area (Å²) in [6, 6.07) is 1.90. The van der Waals surface area contributed by atoms with Gasteiger partial charge in [0.25, 0.3) is 0 Å².